The zero-order chi connectivity index (χ0) is 50.3. The van der Waals surface area contributed by atoms with Gasteiger partial charge in [0.25, 0.3) is 0 Å². The monoisotopic (exact) mass is 1690 g/mol. The van der Waals surface area contributed by atoms with Crippen molar-refractivity contribution in [3.8, 4) is 12.3 Å². The van der Waals surface area contributed by atoms with Gasteiger partial charge in [0.05, 0.1) is 50.5 Å². The molecule has 6 fully saturated rings. The van der Waals surface area contributed by atoms with Crippen molar-refractivity contribution in [2.45, 2.75) is 0 Å². The van der Waals surface area contributed by atoms with Gasteiger partial charge in [-0.1, -0.05) is 5.92 Å². The molecule has 39 heteroatoms. The van der Waals surface area contributed by atoms with Crippen LogP contribution in [0.25, 0.3) is 0 Å². The Hall–Kier alpha value is 3.78. The van der Waals surface area contributed by atoms with E-state index in [9.17, 15) is 4.39 Å². The maximum absolute atomic E-state index is 12.0. The van der Waals surface area contributed by atoms with Crippen molar-refractivity contribution in [2.75, 3.05) is 88.7 Å². The summed E-state index contributed by atoms with van der Waals surface area (Å²) in [5.74, 6) is 4.26. The third-order valence-corrected chi connectivity index (χ3v) is 63.8. The lowest BCUT2D eigenvalue weighted by atomic mass is 9.78. The molecule has 9 nitrogen and oxygen atoms in total. The van der Waals surface area contributed by atoms with Crippen molar-refractivity contribution in [2.24, 2.45) is 16.2 Å². The molecule has 0 radical (unpaired) electrons. The molecule has 6 saturated heterocycles. The fraction of sp³-hybridized carbons (Fsp3) is 0.469. The predicted molar refractivity (Wildman–Crippen MR) is 382 cm³/mol. The summed E-state index contributed by atoms with van der Waals surface area (Å²) >= 11 is 13.9. The lowest BCUT2D eigenvalue weighted by molar-refractivity contribution is -0.139. The second-order valence-electron chi connectivity index (χ2n) is 14.2. The zero-order valence-electron chi connectivity index (χ0n) is 35.4. The molecule has 0 amide bonds. The number of nitrogens with one attached hydrogen (secondary N) is 1. The van der Waals surface area contributed by atoms with Gasteiger partial charge in [-0.15, -0.1) is 6.42 Å². The van der Waals surface area contributed by atoms with Gasteiger partial charge in [0, 0.05) is 320 Å². The summed E-state index contributed by atoms with van der Waals surface area (Å²) in [6, 6.07) is 11.1. The maximum atomic E-state index is 12.0. The van der Waals surface area contributed by atoms with Crippen LogP contribution >= 0.6 is 45.2 Å². The molecule has 71 heavy (non-hydrogen) atoms. The van der Waals surface area contributed by atoms with Gasteiger partial charge in [-0.2, -0.15) is 4.39 Å². The van der Waals surface area contributed by atoms with E-state index in [4.69, 9.17) is 43.0 Å². The standard InChI is InChI=1S/C12H12N2O.C10H11IN2O.C5H3FIN.C5H9NO.S27/c1-2-10-3-4-11(13-5-10)14-6-12(7-14)8-15-9-12;11-8-1-2-9(12-3-8)13-4-10(5-13)6-14-7-10;6-5-2-1-4(7)3-8-5;1-5(2-6-1)3-7-4-5;1-3-5-7-9-11-13-15-17-19-21-23-25-27-26-24-22-20-18-16-14-12-10-8-6-4-2/h1,3-5H,6-9H2;1-3H,4-7H2;1-3H;6H,1-4H2;. The van der Waals surface area contributed by atoms with Gasteiger partial charge < -0.3 is 29.3 Å². The Balaban J connectivity index is 0.000000178. The highest BCUT2D eigenvalue weighted by Gasteiger charge is 2.50. The van der Waals surface area contributed by atoms with Crippen LogP contribution in [0.4, 0.5) is 16.0 Å². The first-order valence-corrected chi connectivity index (χ1v) is 55.7. The van der Waals surface area contributed by atoms with Crippen molar-refractivity contribution < 1.29 is 18.6 Å². The molecule has 1 N–H and O–H groups in total. The van der Waals surface area contributed by atoms with E-state index in [0.717, 1.165) is 86.6 Å². The summed E-state index contributed by atoms with van der Waals surface area (Å²) in [4.78, 5) is 16.7. The predicted octanol–water partition coefficient (Wildman–Crippen LogP) is 3.79. The van der Waals surface area contributed by atoms with E-state index in [1.165, 1.54) is 46.7 Å². The molecule has 0 aliphatic carbocycles. The van der Waals surface area contributed by atoms with Crippen molar-refractivity contribution in [1.29, 1.82) is 0 Å². The highest BCUT2D eigenvalue weighted by molar-refractivity contribution is 14.1. The number of anilines is 2. The summed E-state index contributed by atoms with van der Waals surface area (Å²) in [7, 11) is 43.6. The van der Waals surface area contributed by atoms with Crippen molar-refractivity contribution in [3.05, 3.63) is 73.6 Å². The van der Waals surface area contributed by atoms with Crippen LogP contribution < -0.4 is 15.1 Å². The number of rotatable bonds is 2. The minimum absolute atomic E-state index is 0.426. The summed E-state index contributed by atoms with van der Waals surface area (Å²) in [6.07, 6.45) is 10.4. The number of hydrogen-bond acceptors (Lipinski definition) is 11. The largest absolute Gasteiger partial charge is 0.380 e. The van der Waals surface area contributed by atoms with E-state index in [0.29, 0.717) is 16.2 Å². The summed E-state index contributed by atoms with van der Waals surface area (Å²) in [6.45, 7) is 12.4. The van der Waals surface area contributed by atoms with Gasteiger partial charge in [-0.05, 0) is 81.6 Å². The Morgan fingerprint density at radius 3 is 1.04 bits per heavy atom. The smallest absolute Gasteiger partial charge is 0.212 e. The van der Waals surface area contributed by atoms with Crippen molar-refractivity contribution in [3.63, 3.8) is 0 Å². The van der Waals surface area contributed by atoms with Gasteiger partial charge >= 0.3 is 0 Å². The highest BCUT2D eigenvalue weighted by Crippen LogP contribution is 2.40. The minimum atomic E-state index is -0.426. The van der Waals surface area contributed by atoms with E-state index in [-0.39, 0.29) is 0 Å². The SMILES string of the molecule is C#Cc1ccc(N2CC3(COC3)C2)nc1.C1NCC12COC2.Fc1ccc(I)cn1.Ic1ccc(N2CC3(COC3)C2)nc1.S=S=S=S=S=S=S=S=S=S=S=S=S=S=S=S=S=S=S=S=S=S=S=S=S=S=S. The summed E-state index contributed by atoms with van der Waals surface area (Å²) in [5.41, 5.74) is 2.36. The van der Waals surface area contributed by atoms with E-state index in [1.807, 2.05) is 98.3 Å². The number of aromatic nitrogens is 3. The lowest BCUT2D eigenvalue weighted by Gasteiger charge is -2.55. The van der Waals surface area contributed by atoms with Crippen molar-refractivity contribution >= 4 is 301 Å². The molecule has 9 heterocycles. The molecular formula is C32H35FI2N6O3S27. The number of terminal acetylenes is 1. The zero-order valence-corrected chi connectivity index (χ0v) is 61.7. The molecule has 6 aliphatic heterocycles. The fourth-order valence-corrected chi connectivity index (χ4v) is 69.7. The van der Waals surface area contributed by atoms with Gasteiger partial charge in [0.2, 0.25) is 5.95 Å². The second kappa shape index (κ2) is 39.3. The highest BCUT2D eigenvalue weighted by atomic mass is 127. The Kier molecular flexibility index (Phi) is 36.3. The average Bonchev–Trinajstić information content (AvgIpc) is 3.29. The first-order chi connectivity index (χ1) is 34.7. The minimum Gasteiger partial charge on any atom is -0.380 e. The second-order valence-corrected chi connectivity index (χ2v) is 60.9. The lowest BCUT2D eigenvalue weighted by Crippen LogP contribution is -2.66. The number of nitrogens with zero attached hydrogens (tertiary/aromatic N) is 5. The van der Waals surface area contributed by atoms with Crippen LogP contribution in [-0.2, 0) is 259 Å². The van der Waals surface area contributed by atoms with E-state index in [2.05, 4.69) is 93.3 Å². The average molecular weight is 1690 g/mol. The van der Waals surface area contributed by atoms with Crippen LogP contribution in [0.1, 0.15) is 5.56 Å². The van der Waals surface area contributed by atoms with E-state index >= 15 is 0 Å². The Morgan fingerprint density at radius 1 is 0.493 bits per heavy atom. The van der Waals surface area contributed by atoms with Gasteiger partial charge in [-0.25, -0.2) is 15.0 Å². The van der Waals surface area contributed by atoms with Gasteiger partial charge in [-0.3, -0.25) is 0 Å². The van der Waals surface area contributed by atoms with E-state index < -0.39 is 5.95 Å². The molecule has 3 aromatic heterocycles. The summed E-state index contributed by atoms with van der Waals surface area (Å²) < 4.78 is 29.6. The first-order valence-electron chi connectivity index (χ1n) is 18.9. The molecule has 0 aromatic carbocycles. The number of pyridine rings is 3. The molecule has 6 aliphatic rings. The first kappa shape index (κ1) is 65.6. The molecule has 0 unspecified atom stereocenters. The molecule has 9 rings (SSSR count). The fourth-order valence-electron chi connectivity index (χ4n) is 5.90. The van der Waals surface area contributed by atoms with Crippen LogP contribution in [0.5, 0.6) is 0 Å². The molecule has 3 spiro atoms. The van der Waals surface area contributed by atoms with Crippen molar-refractivity contribution in [1.82, 2.24) is 20.3 Å². The Bertz CT molecular complexity index is 3360. The van der Waals surface area contributed by atoms with Gasteiger partial charge in [0.1, 0.15) is 11.6 Å². The van der Waals surface area contributed by atoms with Crippen LogP contribution in [-0.4, -0.2) is 93.9 Å². The number of halogens is 3. The van der Waals surface area contributed by atoms with Crippen LogP contribution in [0.3, 0.4) is 0 Å². The molecule has 0 saturated carbocycles. The third-order valence-electron chi connectivity index (χ3n) is 9.19. The topological polar surface area (TPSA) is 84.9 Å². The Morgan fingerprint density at radius 2 is 0.831 bits per heavy atom. The van der Waals surface area contributed by atoms with E-state index in [1.54, 1.807) is 137 Å². The van der Waals surface area contributed by atoms with Crippen LogP contribution in [0.15, 0.2) is 55.0 Å². The third kappa shape index (κ3) is 26.5. The summed E-state index contributed by atoms with van der Waals surface area (Å²) in [5, 5.41) is 3.22. The molecule has 0 bridgehead atoms. The molecular weight excluding hydrogens is 1660 g/mol. The normalized spacial score (nSPS) is 16.4. The maximum Gasteiger partial charge on any atom is 0.212 e. The number of hydrogen-bond donors (Lipinski definition) is 1. The van der Waals surface area contributed by atoms with Crippen LogP contribution in [0.2, 0.25) is 0 Å². The van der Waals surface area contributed by atoms with Gasteiger partial charge in [0.15, 0.2) is 0 Å². The Labute approximate surface area is 521 Å². The van der Waals surface area contributed by atoms with Crippen LogP contribution in [0, 0.1) is 41.7 Å². The molecule has 0 atom stereocenters. The molecule has 394 valence electrons. The quantitative estimate of drug-likeness (QED) is 0.232. The molecule has 3 aromatic rings. The number of ether oxygens (including phenoxy) is 3.